The number of hydrogen-bond acceptors (Lipinski definition) is 6. The maximum Gasteiger partial charge on any atom is 0.281 e. The van der Waals surface area contributed by atoms with E-state index in [-0.39, 0.29) is 34.8 Å². The first-order valence-electron chi connectivity index (χ1n) is 12.2. The topological polar surface area (TPSA) is 134 Å². The largest absolute Gasteiger partial charge is 0.398 e. The van der Waals surface area contributed by atoms with Crippen molar-refractivity contribution < 1.29 is 22.0 Å². The molecule has 1 saturated heterocycles. The van der Waals surface area contributed by atoms with Crippen LogP contribution in [-0.4, -0.2) is 64.5 Å². The van der Waals surface area contributed by atoms with E-state index in [0.717, 1.165) is 44.2 Å². The predicted molar refractivity (Wildman–Crippen MR) is 150 cm³/mol. The molecule has 39 heavy (non-hydrogen) atoms. The second-order valence-electron chi connectivity index (χ2n) is 9.57. The molecular formula is C27H30F2N6O3S. The molecule has 5 N–H and O–H groups in total. The minimum absolute atomic E-state index is 0.0196. The summed E-state index contributed by atoms with van der Waals surface area (Å²) in [4.78, 5) is 21.5. The van der Waals surface area contributed by atoms with E-state index in [1.807, 2.05) is 7.05 Å². The van der Waals surface area contributed by atoms with Crippen LogP contribution in [0.4, 0.5) is 25.8 Å². The highest BCUT2D eigenvalue weighted by atomic mass is 32.2. The number of rotatable bonds is 7. The third-order valence-corrected chi connectivity index (χ3v) is 6.93. The van der Waals surface area contributed by atoms with Crippen molar-refractivity contribution >= 4 is 38.8 Å². The minimum Gasteiger partial charge on any atom is -0.398 e. The Morgan fingerprint density at radius 3 is 2.26 bits per heavy atom. The van der Waals surface area contributed by atoms with Gasteiger partial charge >= 0.3 is 0 Å². The van der Waals surface area contributed by atoms with E-state index in [9.17, 15) is 22.0 Å². The molecule has 1 heterocycles. The molecule has 0 saturated carbocycles. The van der Waals surface area contributed by atoms with Crippen molar-refractivity contribution in [3.63, 3.8) is 0 Å². The summed E-state index contributed by atoms with van der Waals surface area (Å²) < 4.78 is 53.7. The Hall–Kier alpha value is -4.03. The zero-order valence-corrected chi connectivity index (χ0v) is 22.4. The molecule has 0 atom stereocenters. The maximum absolute atomic E-state index is 13.6. The number of amides is 1. The van der Waals surface area contributed by atoms with Gasteiger partial charge in [-0.25, -0.2) is 17.2 Å². The number of nitrogens with zero attached hydrogens (tertiary/aromatic N) is 3. The van der Waals surface area contributed by atoms with Gasteiger partial charge in [-0.05, 0) is 67.1 Å². The Morgan fingerprint density at radius 2 is 1.62 bits per heavy atom. The molecule has 0 spiro atoms. The van der Waals surface area contributed by atoms with Crippen LogP contribution in [0.3, 0.4) is 0 Å². The van der Waals surface area contributed by atoms with Gasteiger partial charge in [0.15, 0.2) is 0 Å². The highest BCUT2D eigenvalue weighted by Crippen LogP contribution is 2.27. The zero-order valence-electron chi connectivity index (χ0n) is 21.6. The zero-order chi connectivity index (χ0) is 28.3. The van der Waals surface area contributed by atoms with Gasteiger partial charge in [0, 0.05) is 49.2 Å². The quantitative estimate of drug-likeness (QED) is 0.231. The average Bonchev–Trinajstić information content (AvgIpc) is 2.84. The molecule has 1 amide bonds. The molecule has 3 aromatic rings. The fraction of sp³-hybridized carbons (Fsp3) is 0.259. The number of amidine groups is 1. The summed E-state index contributed by atoms with van der Waals surface area (Å²) in [6, 6.07) is 12.9. The van der Waals surface area contributed by atoms with Crippen LogP contribution in [0, 0.1) is 11.6 Å². The number of anilines is 3. The number of nitrogen functional groups attached to an aromatic ring is 1. The Bertz CT molecular complexity index is 1520. The van der Waals surface area contributed by atoms with Crippen LogP contribution < -0.4 is 21.1 Å². The van der Waals surface area contributed by atoms with E-state index >= 15 is 0 Å². The van der Waals surface area contributed by atoms with Gasteiger partial charge in [-0.2, -0.15) is 4.99 Å². The van der Waals surface area contributed by atoms with Gasteiger partial charge < -0.3 is 21.3 Å². The number of carbonyl (C=O) groups is 1. The second kappa shape index (κ2) is 11.4. The molecule has 1 fully saturated rings. The lowest BCUT2D eigenvalue weighted by atomic mass is 10.0. The molecule has 1 aliphatic heterocycles. The number of nitrogens with one attached hydrogen (secondary N) is 1. The number of benzene rings is 3. The highest BCUT2D eigenvalue weighted by molar-refractivity contribution is 7.92. The van der Waals surface area contributed by atoms with Crippen LogP contribution in [0.25, 0.3) is 0 Å². The number of piperazine rings is 1. The molecule has 0 unspecified atom stereocenters. The van der Waals surface area contributed by atoms with E-state index in [1.54, 1.807) is 30.3 Å². The molecule has 0 aliphatic carbocycles. The monoisotopic (exact) mass is 556 g/mol. The van der Waals surface area contributed by atoms with Gasteiger partial charge in [-0.15, -0.1) is 0 Å². The molecule has 0 radical (unpaired) electrons. The van der Waals surface area contributed by atoms with Gasteiger partial charge in [0.2, 0.25) is 10.0 Å². The van der Waals surface area contributed by atoms with Crippen molar-refractivity contribution in [3.8, 4) is 0 Å². The van der Waals surface area contributed by atoms with E-state index in [2.05, 4.69) is 19.5 Å². The number of carbonyl (C=O) groups excluding carboxylic acids is 1. The smallest absolute Gasteiger partial charge is 0.281 e. The summed E-state index contributed by atoms with van der Waals surface area (Å²) in [5, 5.41) is 0. The first kappa shape index (κ1) is 28.0. The normalized spacial score (nSPS) is 14.9. The van der Waals surface area contributed by atoms with E-state index in [1.165, 1.54) is 18.2 Å². The number of sulfonamides is 1. The van der Waals surface area contributed by atoms with Crippen molar-refractivity contribution in [2.45, 2.75) is 6.42 Å². The van der Waals surface area contributed by atoms with Gasteiger partial charge in [0.25, 0.3) is 5.91 Å². The first-order valence-corrected chi connectivity index (χ1v) is 14.0. The predicted octanol–water partition coefficient (Wildman–Crippen LogP) is 2.81. The van der Waals surface area contributed by atoms with Crippen molar-refractivity contribution in [3.05, 3.63) is 88.5 Å². The lowest BCUT2D eigenvalue weighted by molar-refractivity contribution is 0.100. The van der Waals surface area contributed by atoms with E-state index < -0.39 is 27.6 Å². The van der Waals surface area contributed by atoms with Crippen molar-refractivity contribution in [1.82, 2.24) is 4.90 Å². The number of likely N-dealkylation sites (N-methyl/N-ethyl adjacent to an activating group) is 1. The third-order valence-electron chi connectivity index (χ3n) is 6.34. The van der Waals surface area contributed by atoms with Gasteiger partial charge in [-0.1, -0.05) is 6.07 Å². The summed E-state index contributed by atoms with van der Waals surface area (Å²) in [5.41, 5.74) is 14.7. The Labute approximate surface area is 226 Å². The van der Waals surface area contributed by atoms with Crippen molar-refractivity contribution in [2.24, 2.45) is 10.7 Å². The van der Waals surface area contributed by atoms with Crippen LogP contribution in [0.2, 0.25) is 0 Å². The number of aliphatic imine (C=N–C) groups is 1. The number of halogens is 2. The van der Waals surface area contributed by atoms with Crippen LogP contribution in [0.1, 0.15) is 27.0 Å². The standard InChI is InChI=1S/C27H30F2N6O3S/c1-34-7-9-35(10-8-34)21-4-5-22(25(16-21)33-39(2,37)38)27(36)32-26(31)23-14-17(3-6-24(23)30)11-18-12-19(28)15-20(29)13-18/h3-6,12-16,33H,7-11,30H2,1-2H3,(H2,31,32,36). The van der Waals surface area contributed by atoms with Crippen LogP contribution >= 0.6 is 0 Å². The maximum atomic E-state index is 13.6. The average molecular weight is 557 g/mol. The lowest BCUT2D eigenvalue weighted by Gasteiger charge is -2.34. The van der Waals surface area contributed by atoms with Crippen LogP contribution in [0.15, 0.2) is 59.6 Å². The summed E-state index contributed by atoms with van der Waals surface area (Å²) in [6.07, 6.45) is 1.19. The molecule has 9 nitrogen and oxygen atoms in total. The molecule has 0 aromatic heterocycles. The van der Waals surface area contributed by atoms with Crippen molar-refractivity contribution in [2.75, 3.05) is 54.8 Å². The molecule has 1 aliphatic rings. The Morgan fingerprint density at radius 1 is 0.949 bits per heavy atom. The molecular weight excluding hydrogens is 526 g/mol. The van der Waals surface area contributed by atoms with E-state index in [0.29, 0.717) is 11.1 Å². The molecule has 4 rings (SSSR count). The summed E-state index contributed by atoms with van der Waals surface area (Å²) in [5.74, 6) is -2.33. The number of nitrogens with two attached hydrogens (primary N) is 2. The fourth-order valence-corrected chi connectivity index (χ4v) is 4.95. The molecule has 12 heteroatoms. The highest BCUT2D eigenvalue weighted by Gasteiger charge is 2.20. The SMILES string of the molecule is CN1CCN(c2ccc(C(=O)N=C(N)c3cc(Cc4cc(F)cc(F)c4)ccc3N)c(NS(C)(=O)=O)c2)CC1. The first-order chi connectivity index (χ1) is 18.4. The second-order valence-corrected chi connectivity index (χ2v) is 11.3. The van der Waals surface area contributed by atoms with Gasteiger partial charge in [-0.3, -0.25) is 9.52 Å². The molecule has 0 bridgehead atoms. The number of hydrogen-bond donors (Lipinski definition) is 3. The van der Waals surface area contributed by atoms with Crippen LogP contribution in [-0.2, 0) is 16.4 Å². The summed E-state index contributed by atoms with van der Waals surface area (Å²) in [7, 11) is -1.67. The Kier molecular flexibility index (Phi) is 8.17. The lowest BCUT2D eigenvalue weighted by Crippen LogP contribution is -2.44. The minimum atomic E-state index is -3.70. The Balaban J connectivity index is 1.63. The summed E-state index contributed by atoms with van der Waals surface area (Å²) in [6.45, 7) is 3.21. The van der Waals surface area contributed by atoms with Crippen molar-refractivity contribution in [1.29, 1.82) is 0 Å². The summed E-state index contributed by atoms with van der Waals surface area (Å²) >= 11 is 0. The molecule has 3 aromatic carbocycles. The van der Waals surface area contributed by atoms with Gasteiger partial charge in [0.05, 0.1) is 17.5 Å². The van der Waals surface area contributed by atoms with E-state index in [4.69, 9.17) is 11.5 Å². The van der Waals surface area contributed by atoms with Crippen LogP contribution in [0.5, 0.6) is 0 Å². The third kappa shape index (κ3) is 7.30. The fourth-order valence-electron chi connectivity index (χ4n) is 4.38. The van der Waals surface area contributed by atoms with Gasteiger partial charge in [0.1, 0.15) is 17.5 Å². The molecule has 206 valence electrons.